The zero-order valence-corrected chi connectivity index (χ0v) is 15.0. The maximum Gasteiger partial charge on any atom is 0.269 e. The van der Waals surface area contributed by atoms with Crippen LogP contribution >= 0.6 is 0 Å². The van der Waals surface area contributed by atoms with Gasteiger partial charge in [0.05, 0.1) is 18.5 Å². The second-order valence-electron chi connectivity index (χ2n) is 6.81. The van der Waals surface area contributed by atoms with E-state index in [1.54, 1.807) is 0 Å². The van der Waals surface area contributed by atoms with E-state index in [0.29, 0.717) is 30.4 Å². The van der Waals surface area contributed by atoms with Crippen molar-refractivity contribution >= 4 is 22.6 Å². The van der Waals surface area contributed by atoms with Crippen molar-refractivity contribution in [3.63, 3.8) is 0 Å². The molecular weight excluding hydrogens is 344 g/mol. The minimum absolute atomic E-state index is 0.0327. The Kier molecular flexibility index (Phi) is 4.51. The lowest BCUT2D eigenvalue weighted by Crippen LogP contribution is -2.47. The van der Waals surface area contributed by atoms with Crippen molar-refractivity contribution in [1.29, 1.82) is 0 Å². The average molecular weight is 366 g/mol. The molecule has 3 heterocycles. The van der Waals surface area contributed by atoms with Crippen molar-refractivity contribution in [2.45, 2.75) is 25.4 Å². The normalized spacial score (nSPS) is 19.9. The molecule has 2 atom stereocenters. The average Bonchev–Trinajstić information content (AvgIpc) is 3.09. The molecule has 1 saturated heterocycles. The number of ether oxygens (including phenoxy) is 1. The fourth-order valence-electron chi connectivity index (χ4n) is 3.39. The predicted octanol–water partition coefficient (Wildman–Crippen LogP) is 1.56. The van der Waals surface area contributed by atoms with E-state index >= 15 is 0 Å². The summed E-state index contributed by atoms with van der Waals surface area (Å²) in [5, 5.41) is 4.37. The topological polar surface area (TPSA) is 132 Å². The number of carbonyl (C=O) groups excluding carboxylic acids is 1. The molecule has 0 saturated carbocycles. The van der Waals surface area contributed by atoms with E-state index in [1.165, 1.54) is 6.20 Å². The number of primary amides is 1. The zero-order valence-electron chi connectivity index (χ0n) is 15.0. The van der Waals surface area contributed by atoms with Gasteiger partial charge in [0.15, 0.2) is 5.69 Å². The van der Waals surface area contributed by atoms with Gasteiger partial charge in [0.2, 0.25) is 0 Å². The van der Waals surface area contributed by atoms with Gasteiger partial charge in [-0.1, -0.05) is 12.1 Å². The van der Waals surface area contributed by atoms with Gasteiger partial charge in [0.1, 0.15) is 11.5 Å². The van der Waals surface area contributed by atoms with Gasteiger partial charge in [-0.25, -0.2) is 9.97 Å². The number of nitrogens with zero attached hydrogens (tertiary/aromatic N) is 2. The first-order valence-corrected chi connectivity index (χ1v) is 8.88. The van der Waals surface area contributed by atoms with Crippen molar-refractivity contribution in [3.05, 3.63) is 41.7 Å². The maximum absolute atomic E-state index is 11.9. The zero-order chi connectivity index (χ0) is 19.0. The van der Waals surface area contributed by atoms with Gasteiger partial charge in [0, 0.05) is 29.6 Å². The Morgan fingerprint density at radius 2 is 2.26 bits per heavy atom. The smallest absolute Gasteiger partial charge is 0.269 e. The summed E-state index contributed by atoms with van der Waals surface area (Å²) in [4.78, 5) is 24.0. The van der Waals surface area contributed by atoms with Crippen molar-refractivity contribution in [2.75, 3.05) is 18.5 Å². The number of aromatic amines is 1. The molecule has 8 nitrogen and oxygen atoms in total. The predicted molar refractivity (Wildman–Crippen MR) is 103 cm³/mol. The SMILES string of the molecule is Cc1cccc2[nH]c(-c3nc(NC4CCOCC4N)cnc3C(N)=O)cc12. The fourth-order valence-corrected chi connectivity index (χ4v) is 3.39. The van der Waals surface area contributed by atoms with Crippen molar-refractivity contribution < 1.29 is 9.53 Å². The minimum Gasteiger partial charge on any atom is -0.380 e. The highest BCUT2D eigenvalue weighted by atomic mass is 16.5. The molecular formula is C19H22N6O2. The largest absolute Gasteiger partial charge is 0.380 e. The van der Waals surface area contributed by atoms with Crippen LogP contribution in [0.2, 0.25) is 0 Å². The van der Waals surface area contributed by atoms with E-state index in [2.05, 4.69) is 20.3 Å². The third-order valence-corrected chi connectivity index (χ3v) is 4.88. The highest BCUT2D eigenvalue weighted by Gasteiger charge is 2.24. The first-order valence-electron chi connectivity index (χ1n) is 8.88. The Morgan fingerprint density at radius 3 is 3.00 bits per heavy atom. The molecule has 4 rings (SSSR count). The van der Waals surface area contributed by atoms with Gasteiger partial charge in [-0.3, -0.25) is 4.79 Å². The summed E-state index contributed by atoms with van der Waals surface area (Å²) in [7, 11) is 0. The van der Waals surface area contributed by atoms with Crippen LogP contribution in [0.4, 0.5) is 5.82 Å². The van der Waals surface area contributed by atoms with E-state index in [9.17, 15) is 4.79 Å². The van der Waals surface area contributed by atoms with Gasteiger partial charge in [0.25, 0.3) is 5.91 Å². The van der Waals surface area contributed by atoms with Gasteiger partial charge in [-0.2, -0.15) is 0 Å². The molecule has 2 unspecified atom stereocenters. The van der Waals surface area contributed by atoms with Crippen molar-refractivity contribution in [2.24, 2.45) is 11.5 Å². The molecule has 1 aromatic carbocycles. The lowest BCUT2D eigenvalue weighted by Gasteiger charge is -2.29. The van der Waals surface area contributed by atoms with Crippen LogP contribution in [0.3, 0.4) is 0 Å². The van der Waals surface area contributed by atoms with Crippen LogP contribution in [0.15, 0.2) is 30.5 Å². The molecule has 0 aliphatic carbocycles. The molecule has 6 N–H and O–H groups in total. The summed E-state index contributed by atoms with van der Waals surface area (Å²) in [5.41, 5.74) is 15.0. The highest BCUT2D eigenvalue weighted by Crippen LogP contribution is 2.27. The van der Waals surface area contributed by atoms with E-state index in [0.717, 1.165) is 22.9 Å². The molecule has 0 spiro atoms. The number of benzene rings is 1. The third-order valence-electron chi connectivity index (χ3n) is 4.88. The summed E-state index contributed by atoms with van der Waals surface area (Å²) in [6, 6.07) is 7.85. The Balaban J connectivity index is 1.75. The number of fused-ring (bicyclic) bond motifs is 1. The minimum atomic E-state index is -0.623. The van der Waals surface area contributed by atoms with Crippen LogP contribution in [0.1, 0.15) is 22.5 Å². The monoisotopic (exact) mass is 366 g/mol. The Morgan fingerprint density at radius 1 is 1.41 bits per heavy atom. The standard InChI is InChI=1S/C19H22N6O2/c1-10-3-2-4-13-11(10)7-15(23-13)17-18(19(21)26)22-8-16(25-17)24-14-5-6-27-9-12(14)20/h2-4,7-8,12,14,23H,5-6,9,20H2,1H3,(H2,21,26)(H,24,25). The lowest BCUT2D eigenvalue weighted by molar-refractivity contribution is 0.0752. The molecule has 1 amide bonds. The molecule has 2 aromatic heterocycles. The number of rotatable bonds is 4. The number of nitrogens with one attached hydrogen (secondary N) is 2. The maximum atomic E-state index is 11.9. The van der Waals surface area contributed by atoms with Crippen molar-refractivity contribution in [3.8, 4) is 11.4 Å². The molecule has 140 valence electrons. The molecule has 1 fully saturated rings. The molecule has 8 heteroatoms. The van der Waals surface area contributed by atoms with E-state index in [-0.39, 0.29) is 17.8 Å². The summed E-state index contributed by atoms with van der Waals surface area (Å²) < 4.78 is 5.37. The summed E-state index contributed by atoms with van der Waals surface area (Å²) in [6.07, 6.45) is 2.29. The molecule has 0 radical (unpaired) electrons. The number of H-pyrrole nitrogens is 1. The number of aromatic nitrogens is 3. The van der Waals surface area contributed by atoms with Crippen LogP contribution in [-0.4, -0.2) is 46.2 Å². The molecule has 1 aliphatic heterocycles. The lowest BCUT2D eigenvalue weighted by atomic mass is 10.0. The van der Waals surface area contributed by atoms with Gasteiger partial charge < -0.3 is 26.5 Å². The van der Waals surface area contributed by atoms with Crippen LogP contribution in [0.5, 0.6) is 0 Å². The Labute approximate surface area is 156 Å². The van der Waals surface area contributed by atoms with Crippen molar-refractivity contribution in [1.82, 2.24) is 15.0 Å². The number of carbonyl (C=O) groups is 1. The molecule has 1 aliphatic rings. The number of nitrogens with two attached hydrogens (primary N) is 2. The second kappa shape index (κ2) is 6.98. The second-order valence-corrected chi connectivity index (χ2v) is 6.81. The first kappa shape index (κ1) is 17.4. The van der Waals surface area contributed by atoms with Crippen LogP contribution in [0, 0.1) is 6.92 Å². The quantitative estimate of drug-likeness (QED) is 0.554. The molecule has 0 bridgehead atoms. The highest BCUT2D eigenvalue weighted by molar-refractivity contribution is 5.98. The number of hydrogen-bond acceptors (Lipinski definition) is 6. The summed E-state index contributed by atoms with van der Waals surface area (Å²) >= 11 is 0. The number of hydrogen-bond donors (Lipinski definition) is 4. The van der Waals surface area contributed by atoms with E-state index in [4.69, 9.17) is 16.2 Å². The number of aryl methyl sites for hydroxylation is 1. The van der Waals surface area contributed by atoms with Gasteiger partial charge >= 0.3 is 0 Å². The fraction of sp³-hybridized carbons (Fsp3) is 0.316. The molecule has 3 aromatic rings. The van der Waals surface area contributed by atoms with Gasteiger partial charge in [-0.15, -0.1) is 0 Å². The molecule has 27 heavy (non-hydrogen) atoms. The Bertz CT molecular complexity index is 999. The van der Waals surface area contributed by atoms with Crippen LogP contribution in [0.25, 0.3) is 22.3 Å². The Hall–Kier alpha value is -2.97. The van der Waals surface area contributed by atoms with Crippen LogP contribution in [-0.2, 0) is 4.74 Å². The van der Waals surface area contributed by atoms with Gasteiger partial charge in [-0.05, 0) is 31.0 Å². The number of amides is 1. The van der Waals surface area contributed by atoms with Crippen LogP contribution < -0.4 is 16.8 Å². The third kappa shape index (κ3) is 3.36. The van der Waals surface area contributed by atoms with E-state index in [1.807, 2.05) is 31.2 Å². The number of anilines is 1. The summed E-state index contributed by atoms with van der Waals surface area (Å²) in [5.74, 6) is -0.0741. The first-order chi connectivity index (χ1) is 13.0. The summed E-state index contributed by atoms with van der Waals surface area (Å²) in [6.45, 7) is 3.18. The van der Waals surface area contributed by atoms with E-state index < -0.39 is 5.91 Å².